The van der Waals surface area contributed by atoms with E-state index in [1.165, 1.54) is 18.3 Å². The Hall–Kier alpha value is -1.60. The fourth-order valence-corrected chi connectivity index (χ4v) is 3.76. The number of hydrogen-bond donors (Lipinski definition) is 1. The molecule has 1 heterocycles. The largest absolute Gasteiger partial charge is 0.494 e. The first-order valence-electron chi connectivity index (χ1n) is 5.23. The van der Waals surface area contributed by atoms with Crippen molar-refractivity contribution in [2.75, 3.05) is 12.3 Å². The number of nitrogens with zero attached hydrogens (tertiary/aromatic N) is 1. The number of anilines is 1. The van der Waals surface area contributed by atoms with Crippen LogP contribution in [0.25, 0.3) is 0 Å². The fraction of sp³-hybridized carbons (Fsp3) is 0.182. The van der Waals surface area contributed by atoms with Gasteiger partial charge >= 0.3 is 0 Å². The van der Waals surface area contributed by atoms with Gasteiger partial charge in [0.1, 0.15) is 9.96 Å². The lowest BCUT2D eigenvalue weighted by Crippen LogP contribution is -2.00. The molecule has 5 nitrogen and oxygen atoms in total. The quantitative estimate of drug-likeness (QED) is 0.928. The number of rotatable bonds is 4. The summed E-state index contributed by atoms with van der Waals surface area (Å²) in [6.07, 6.45) is 1.27. The highest BCUT2D eigenvalue weighted by molar-refractivity contribution is 7.93. The smallest absolute Gasteiger partial charge is 0.217 e. The third-order valence-electron chi connectivity index (χ3n) is 2.19. The van der Waals surface area contributed by atoms with Gasteiger partial charge in [-0.15, -0.1) is 0 Å². The van der Waals surface area contributed by atoms with Crippen molar-refractivity contribution in [1.82, 2.24) is 4.98 Å². The van der Waals surface area contributed by atoms with E-state index < -0.39 is 9.84 Å². The number of aromatic nitrogens is 1. The van der Waals surface area contributed by atoms with Gasteiger partial charge in [0.2, 0.25) is 9.84 Å². The number of sulfone groups is 1. The van der Waals surface area contributed by atoms with Gasteiger partial charge in [0.15, 0.2) is 5.13 Å². The van der Waals surface area contributed by atoms with Crippen LogP contribution in [-0.2, 0) is 9.84 Å². The zero-order valence-corrected chi connectivity index (χ0v) is 11.3. The SMILES string of the molecule is CCOc1cccc(S(=O)(=O)c2cnc(N)s2)c1. The molecular weight excluding hydrogens is 272 g/mol. The molecule has 2 rings (SSSR count). The highest BCUT2D eigenvalue weighted by Crippen LogP contribution is 2.28. The van der Waals surface area contributed by atoms with Crippen LogP contribution >= 0.6 is 11.3 Å². The lowest BCUT2D eigenvalue weighted by Gasteiger charge is -2.05. The maximum atomic E-state index is 12.3. The minimum Gasteiger partial charge on any atom is -0.494 e. The molecule has 18 heavy (non-hydrogen) atoms. The van der Waals surface area contributed by atoms with Crippen molar-refractivity contribution in [3.63, 3.8) is 0 Å². The molecule has 0 amide bonds. The lowest BCUT2D eigenvalue weighted by molar-refractivity contribution is 0.339. The second-order valence-corrected chi connectivity index (χ2v) is 6.67. The van der Waals surface area contributed by atoms with E-state index in [0.29, 0.717) is 12.4 Å². The van der Waals surface area contributed by atoms with Crippen LogP contribution in [0, 0.1) is 0 Å². The van der Waals surface area contributed by atoms with Crippen LogP contribution in [0.15, 0.2) is 39.6 Å². The topological polar surface area (TPSA) is 82.3 Å². The summed E-state index contributed by atoms with van der Waals surface area (Å²) in [5.74, 6) is 0.524. The monoisotopic (exact) mass is 284 g/mol. The Morgan fingerprint density at radius 1 is 1.44 bits per heavy atom. The normalized spacial score (nSPS) is 11.4. The predicted molar refractivity (Wildman–Crippen MR) is 69.6 cm³/mol. The maximum Gasteiger partial charge on any atom is 0.217 e. The van der Waals surface area contributed by atoms with Crippen molar-refractivity contribution >= 4 is 26.3 Å². The Kier molecular flexibility index (Phi) is 3.53. The summed E-state index contributed by atoms with van der Waals surface area (Å²) < 4.78 is 29.9. The van der Waals surface area contributed by atoms with Crippen molar-refractivity contribution in [3.8, 4) is 5.75 Å². The van der Waals surface area contributed by atoms with Crippen molar-refractivity contribution in [2.45, 2.75) is 16.0 Å². The van der Waals surface area contributed by atoms with Gasteiger partial charge in [-0.3, -0.25) is 0 Å². The standard InChI is InChI=1S/C11H12N2O3S2/c1-2-16-8-4-3-5-9(6-8)18(14,15)10-7-13-11(12)17-10/h3-7H,2H2,1H3,(H2,12,13). The van der Waals surface area contributed by atoms with E-state index in [1.807, 2.05) is 6.92 Å². The molecule has 1 aromatic carbocycles. The molecule has 0 saturated carbocycles. The first-order chi connectivity index (χ1) is 8.54. The third kappa shape index (κ3) is 2.46. The van der Waals surface area contributed by atoms with Gasteiger partial charge in [0.05, 0.1) is 17.7 Å². The van der Waals surface area contributed by atoms with Crippen molar-refractivity contribution in [2.24, 2.45) is 0 Å². The fourth-order valence-electron chi connectivity index (χ4n) is 1.41. The van der Waals surface area contributed by atoms with Crippen molar-refractivity contribution in [3.05, 3.63) is 30.5 Å². The maximum absolute atomic E-state index is 12.3. The Morgan fingerprint density at radius 3 is 2.83 bits per heavy atom. The minimum absolute atomic E-state index is 0.133. The molecule has 96 valence electrons. The molecule has 0 unspecified atom stereocenters. The van der Waals surface area contributed by atoms with E-state index in [9.17, 15) is 8.42 Å². The van der Waals surface area contributed by atoms with E-state index in [1.54, 1.807) is 12.1 Å². The molecule has 0 aliphatic rings. The summed E-state index contributed by atoms with van der Waals surface area (Å²) in [4.78, 5) is 3.93. The summed E-state index contributed by atoms with van der Waals surface area (Å²) in [5, 5.41) is 0.231. The summed E-state index contributed by atoms with van der Waals surface area (Å²) in [6, 6.07) is 6.37. The number of thiazole rings is 1. The average Bonchev–Trinajstić information content (AvgIpc) is 2.77. The van der Waals surface area contributed by atoms with Gasteiger partial charge in [-0.05, 0) is 25.1 Å². The predicted octanol–water partition coefficient (Wildman–Crippen LogP) is 1.96. The van der Waals surface area contributed by atoms with Crippen LogP contribution in [-0.4, -0.2) is 20.0 Å². The molecule has 2 N–H and O–H groups in total. The summed E-state index contributed by atoms with van der Waals surface area (Å²) >= 11 is 0.947. The van der Waals surface area contributed by atoms with E-state index in [4.69, 9.17) is 10.5 Å². The molecule has 0 radical (unpaired) electrons. The van der Waals surface area contributed by atoms with E-state index in [-0.39, 0.29) is 14.2 Å². The Labute approximate surface area is 109 Å². The number of ether oxygens (including phenoxy) is 1. The zero-order valence-electron chi connectivity index (χ0n) is 9.66. The Balaban J connectivity index is 2.44. The highest BCUT2D eigenvalue weighted by atomic mass is 32.2. The average molecular weight is 284 g/mol. The lowest BCUT2D eigenvalue weighted by atomic mass is 10.3. The number of nitrogens with two attached hydrogens (primary N) is 1. The molecule has 2 aromatic rings. The molecule has 1 aromatic heterocycles. The summed E-state index contributed by atoms with van der Waals surface area (Å²) in [6.45, 7) is 2.32. The molecule has 0 bridgehead atoms. The Morgan fingerprint density at radius 2 is 2.22 bits per heavy atom. The third-order valence-corrected chi connectivity index (χ3v) is 5.23. The van der Waals surface area contributed by atoms with Crippen molar-refractivity contribution in [1.29, 1.82) is 0 Å². The van der Waals surface area contributed by atoms with Gasteiger partial charge in [-0.2, -0.15) is 0 Å². The van der Waals surface area contributed by atoms with E-state index in [2.05, 4.69) is 4.98 Å². The van der Waals surface area contributed by atoms with Crippen LogP contribution in [0.3, 0.4) is 0 Å². The van der Waals surface area contributed by atoms with Gasteiger partial charge in [0, 0.05) is 0 Å². The van der Waals surface area contributed by atoms with Crippen LogP contribution in [0.2, 0.25) is 0 Å². The number of nitrogen functional groups attached to an aromatic ring is 1. The molecule has 0 spiro atoms. The summed E-state index contributed by atoms with van der Waals surface area (Å²) in [5.41, 5.74) is 5.45. The highest BCUT2D eigenvalue weighted by Gasteiger charge is 2.20. The van der Waals surface area contributed by atoms with Gasteiger partial charge in [0.25, 0.3) is 0 Å². The zero-order chi connectivity index (χ0) is 13.2. The van der Waals surface area contributed by atoms with Crippen LogP contribution < -0.4 is 10.5 Å². The number of benzene rings is 1. The van der Waals surface area contributed by atoms with Crippen LogP contribution in [0.1, 0.15) is 6.92 Å². The van der Waals surface area contributed by atoms with Crippen LogP contribution in [0.4, 0.5) is 5.13 Å². The minimum atomic E-state index is -3.56. The number of hydrogen-bond acceptors (Lipinski definition) is 6. The van der Waals surface area contributed by atoms with Gasteiger partial charge in [-0.25, -0.2) is 13.4 Å². The Bertz CT molecular complexity index is 650. The van der Waals surface area contributed by atoms with E-state index >= 15 is 0 Å². The van der Waals surface area contributed by atoms with Crippen molar-refractivity contribution < 1.29 is 13.2 Å². The summed E-state index contributed by atoms with van der Waals surface area (Å²) in [7, 11) is -3.56. The molecule has 0 fully saturated rings. The molecule has 0 aliphatic heterocycles. The van der Waals surface area contributed by atoms with Crippen LogP contribution in [0.5, 0.6) is 5.75 Å². The van der Waals surface area contributed by atoms with Gasteiger partial charge in [-0.1, -0.05) is 17.4 Å². The second kappa shape index (κ2) is 4.95. The second-order valence-electron chi connectivity index (χ2n) is 3.43. The molecule has 0 saturated heterocycles. The van der Waals surface area contributed by atoms with E-state index in [0.717, 1.165) is 11.3 Å². The first-order valence-corrected chi connectivity index (χ1v) is 7.53. The molecule has 0 atom stereocenters. The molecule has 0 aliphatic carbocycles. The molecular formula is C11H12N2O3S2. The first kappa shape index (κ1) is 12.8. The molecule has 7 heteroatoms. The van der Waals surface area contributed by atoms with Gasteiger partial charge < -0.3 is 10.5 Å².